The number of aromatic nitrogens is 5. The van der Waals surface area contributed by atoms with Gasteiger partial charge in [-0.2, -0.15) is 10.2 Å². The second-order valence-electron chi connectivity index (χ2n) is 5.44. The van der Waals surface area contributed by atoms with Crippen LogP contribution in [-0.4, -0.2) is 30.5 Å². The lowest BCUT2D eigenvalue weighted by Crippen LogP contribution is -2.14. The summed E-state index contributed by atoms with van der Waals surface area (Å²) in [7, 11) is 3.67. The van der Waals surface area contributed by atoms with Crippen LogP contribution >= 0.6 is 0 Å². The van der Waals surface area contributed by atoms with Crippen LogP contribution in [0.5, 0.6) is 0 Å². The van der Waals surface area contributed by atoms with Gasteiger partial charge in [0.05, 0.1) is 34.2 Å². The molecule has 0 atom stereocenters. The zero-order valence-electron chi connectivity index (χ0n) is 13.3. The molecule has 3 rings (SSSR count). The van der Waals surface area contributed by atoms with E-state index in [1.54, 1.807) is 21.6 Å². The van der Waals surface area contributed by atoms with Gasteiger partial charge in [0.15, 0.2) is 5.65 Å². The van der Waals surface area contributed by atoms with Crippen LogP contribution < -0.4 is 5.32 Å². The van der Waals surface area contributed by atoms with E-state index in [0.29, 0.717) is 11.2 Å². The number of carbonyl (C=O) groups is 1. The highest BCUT2D eigenvalue weighted by Crippen LogP contribution is 2.22. The molecule has 1 amide bonds. The number of fused-ring (bicyclic) bond motifs is 1. The first-order chi connectivity index (χ1) is 10.4. The lowest BCUT2D eigenvalue weighted by Gasteiger charge is -2.07. The van der Waals surface area contributed by atoms with Crippen LogP contribution in [0.2, 0.25) is 0 Å². The average molecular weight is 298 g/mol. The number of amides is 1. The van der Waals surface area contributed by atoms with Gasteiger partial charge in [0, 0.05) is 19.8 Å². The SMILES string of the molecule is Cc1cc(C(=O)Nc2c(C)nn(C)c2C)c2cnn(C)c2n1. The normalized spacial score (nSPS) is 11.1. The van der Waals surface area contributed by atoms with Gasteiger partial charge < -0.3 is 5.32 Å². The Bertz CT molecular complexity index is 889. The first-order valence-corrected chi connectivity index (χ1v) is 6.99. The molecule has 0 saturated carbocycles. The number of hydrogen-bond acceptors (Lipinski definition) is 4. The predicted octanol–water partition coefficient (Wildman–Crippen LogP) is 1.88. The molecule has 0 aliphatic rings. The molecule has 0 spiro atoms. The molecule has 0 aromatic carbocycles. The topological polar surface area (TPSA) is 77.6 Å². The third-order valence-electron chi connectivity index (χ3n) is 3.83. The maximum absolute atomic E-state index is 12.7. The van der Waals surface area contributed by atoms with Gasteiger partial charge in [-0.1, -0.05) is 0 Å². The highest BCUT2D eigenvalue weighted by atomic mass is 16.1. The fourth-order valence-electron chi connectivity index (χ4n) is 2.56. The standard InChI is InChI=1S/C15H18N6O/c1-8-6-11(12-7-16-21(5)14(12)17-8)15(22)18-13-9(2)19-20(4)10(13)3/h6-7H,1-5H3,(H,18,22). The van der Waals surface area contributed by atoms with E-state index in [4.69, 9.17) is 0 Å². The molecule has 0 aliphatic heterocycles. The zero-order valence-corrected chi connectivity index (χ0v) is 13.3. The van der Waals surface area contributed by atoms with Crippen molar-refractivity contribution < 1.29 is 4.79 Å². The van der Waals surface area contributed by atoms with Crippen LogP contribution in [0.3, 0.4) is 0 Å². The molecule has 3 aromatic rings. The first kappa shape index (κ1) is 14.2. The van der Waals surface area contributed by atoms with Crippen molar-refractivity contribution in [2.45, 2.75) is 20.8 Å². The van der Waals surface area contributed by atoms with E-state index in [1.807, 2.05) is 34.9 Å². The van der Waals surface area contributed by atoms with Gasteiger partial charge in [-0.25, -0.2) is 4.98 Å². The minimum absolute atomic E-state index is 0.178. The van der Waals surface area contributed by atoms with Crippen LogP contribution in [0.25, 0.3) is 11.0 Å². The van der Waals surface area contributed by atoms with Crippen molar-refractivity contribution >= 4 is 22.6 Å². The summed E-state index contributed by atoms with van der Waals surface area (Å²) >= 11 is 0. The van der Waals surface area contributed by atoms with E-state index in [9.17, 15) is 4.79 Å². The molecule has 3 aromatic heterocycles. The monoisotopic (exact) mass is 298 g/mol. The smallest absolute Gasteiger partial charge is 0.256 e. The molecule has 7 heteroatoms. The van der Waals surface area contributed by atoms with E-state index < -0.39 is 0 Å². The fraction of sp³-hybridized carbons (Fsp3) is 0.333. The number of nitrogens with zero attached hydrogens (tertiary/aromatic N) is 5. The van der Waals surface area contributed by atoms with Crippen LogP contribution in [0.1, 0.15) is 27.4 Å². The predicted molar refractivity (Wildman–Crippen MR) is 83.9 cm³/mol. The highest BCUT2D eigenvalue weighted by molar-refractivity contribution is 6.12. The molecular weight excluding hydrogens is 280 g/mol. The Balaban J connectivity index is 2.06. The quantitative estimate of drug-likeness (QED) is 0.783. The lowest BCUT2D eigenvalue weighted by molar-refractivity contribution is 0.102. The molecule has 22 heavy (non-hydrogen) atoms. The Morgan fingerprint density at radius 2 is 1.91 bits per heavy atom. The van der Waals surface area contributed by atoms with Crippen molar-refractivity contribution in [2.24, 2.45) is 14.1 Å². The number of carbonyl (C=O) groups excluding carboxylic acids is 1. The summed E-state index contributed by atoms with van der Waals surface area (Å²) < 4.78 is 3.42. The Morgan fingerprint density at radius 1 is 1.18 bits per heavy atom. The van der Waals surface area contributed by atoms with Crippen molar-refractivity contribution in [2.75, 3.05) is 5.32 Å². The number of rotatable bonds is 2. The van der Waals surface area contributed by atoms with Crippen molar-refractivity contribution in [3.8, 4) is 0 Å². The van der Waals surface area contributed by atoms with E-state index in [1.165, 1.54) is 0 Å². The summed E-state index contributed by atoms with van der Waals surface area (Å²) in [4.78, 5) is 17.1. The van der Waals surface area contributed by atoms with E-state index in [0.717, 1.165) is 28.2 Å². The summed E-state index contributed by atoms with van der Waals surface area (Å²) in [5, 5.41) is 12.2. The van der Waals surface area contributed by atoms with E-state index >= 15 is 0 Å². The molecule has 1 N–H and O–H groups in total. The second kappa shape index (κ2) is 4.94. The Hall–Kier alpha value is -2.70. The van der Waals surface area contributed by atoms with Crippen LogP contribution in [0.15, 0.2) is 12.3 Å². The van der Waals surface area contributed by atoms with Gasteiger partial charge in [-0.3, -0.25) is 14.2 Å². The average Bonchev–Trinajstić information content (AvgIpc) is 2.94. The number of anilines is 1. The van der Waals surface area contributed by atoms with Gasteiger partial charge >= 0.3 is 0 Å². The first-order valence-electron chi connectivity index (χ1n) is 6.99. The number of pyridine rings is 1. The van der Waals surface area contributed by atoms with Crippen LogP contribution in [-0.2, 0) is 14.1 Å². The number of aryl methyl sites for hydroxylation is 4. The molecule has 0 unspecified atom stereocenters. The molecule has 0 radical (unpaired) electrons. The Morgan fingerprint density at radius 3 is 2.55 bits per heavy atom. The van der Waals surface area contributed by atoms with Crippen molar-refractivity contribution in [3.63, 3.8) is 0 Å². The number of nitrogens with one attached hydrogen (secondary N) is 1. The molecule has 7 nitrogen and oxygen atoms in total. The molecular formula is C15H18N6O. The van der Waals surface area contributed by atoms with Gasteiger partial charge in [-0.05, 0) is 26.8 Å². The second-order valence-corrected chi connectivity index (χ2v) is 5.44. The summed E-state index contributed by atoms with van der Waals surface area (Å²) in [6.07, 6.45) is 1.67. The Labute approximate surface area is 128 Å². The maximum atomic E-state index is 12.7. The Kier molecular flexibility index (Phi) is 3.20. The highest BCUT2D eigenvalue weighted by Gasteiger charge is 2.18. The van der Waals surface area contributed by atoms with Gasteiger partial charge in [-0.15, -0.1) is 0 Å². The van der Waals surface area contributed by atoms with E-state index in [2.05, 4.69) is 20.5 Å². The largest absolute Gasteiger partial charge is 0.319 e. The molecule has 0 saturated heterocycles. The molecule has 0 fully saturated rings. The third kappa shape index (κ3) is 2.14. The summed E-state index contributed by atoms with van der Waals surface area (Å²) in [5.41, 5.74) is 4.50. The minimum atomic E-state index is -0.178. The van der Waals surface area contributed by atoms with Gasteiger partial charge in [0.1, 0.15) is 0 Å². The summed E-state index contributed by atoms with van der Waals surface area (Å²) in [6.45, 7) is 5.66. The van der Waals surface area contributed by atoms with E-state index in [-0.39, 0.29) is 5.91 Å². The van der Waals surface area contributed by atoms with Crippen molar-refractivity contribution in [3.05, 3.63) is 34.9 Å². The van der Waals surface area contributed by atoms with Gasteiger partial charge in [0.25, 0.3) is 5.91 Å². The van der Waals surface area contributed by atoms with Crippen molar-refractivity contribution in [1.29, 1.82) is 0 Å². The summed E-state index contributed by atoms with van der Waals surface area (Å²) in [5.74, 6) is -0.178. The molecule has 3 heterocycles. The van der Waals surface area contributed by atoms with Crippen molar-refractivity contribution in [1.82, 2.24) is 24.5 Å². The third-order valence-corrected chi connectivity index (χ3v) is 3.83. The molecule has 114 valence electrons. The lowest BCUT2D eigenvalue weighted by atomic mass is 10.1. The minimum Gasteiger partial charge on any atom is -0.319 e. The maximum Gasteiger partial charge on any atom is 0.256 e. The summed E-state index contributed by atoms with van der Waals surface area (Å²) in [6, 6.07) is 1.78. The molecule has 0 aliphatic carbocycles. The van der Waals surface area contributed by atoms with Crippen LogP contribution in [0, 0.1) is 20.8 Å². The van der Waals surface area contributed by atoms with Crippen LogP contribution in [0.4, 0.5) is 5.69 Å². The number of hydrogen-bond donors (Lipinski definition) is 1. The van der Waals surface area contributed by atoms with Gasteiger partial charge in [0.2, 0.25) is 0 Å². The fourth-order valence-corrected chi connectivity index (χ4v) is 2.56. The zero-order chi connectivity index (χ0) is 16.0. The molecule has 0 bridgehead atoms.